The summed E-state index contributed by atoms with van der Waals surface area (Å²) >= 11 is 0. The highest BCUT2D eigenvalue weighted by molar-refractivity contribution is 7.92. The summed E-state index contributed by atoms with van der Waals surface area (Å²) in [6.07, 6.45) is 2.48. The van der Waals surface area contributed by atoms with Crippen molar-refractivity contribution in [1.82, 2.24) is 5.32 Å². The highest BCUT2D eigenvalue weighted by Gasteiger charge is 2.34. The Morgan fingerprint density at radius 1 is 1.33 bits per heavy atom. The van der Waals surface area contributed by atoms with Crippen molar-refractivity contribution in [2.45, 2.75) is 30.9 Å². The van der Waals surface area contributed by atoms with Crippen LogP contribution in [0.5, 0.6) is 0 Å². The number of sulfone groups is 1. The number of hydrogen-bond donors (Lipinski definition) is 2. The molecule has 0 aromatic carbocycles. The molecular formula is C11H21NO5S. The molecule has 1 aliphatic heterocycles. The summed E-state index contributed by atoms with van der Waals surface area (Å²) < 4.78 is 28.4. The number of carbonyl (C=O) groups is 1. The molecule has 106 valence electrons. The van der Waals surface area contributed by atoms with Gasteiger partial charge in [0.25, 0.3) is 0 Å². The normalized spacial score (nSPS) is 22.6. The zero-order valence-corrected chi connectivity index (χ0v) is 11.2. The lowest BCUT2D eigenvalue weighted by molar-refractivity contribution is -0.120. The van der Waals surface area contributed by atoms with Gasteiger partial charge >= 0.3 is 0 Å². The number of rotatable bonds is 7. The molecule has 1 unspecified atom stereocenters. The van der Waals surface area contributed by atoms with E-state index in [-0.39, 0.29) is 19.0 Å². The van der Waals surface area contributed by atoms with Crippen LogP contribution >= 0.6 is 0 Å². The zero-order valence-electron chi connectivity index (χ0n) is 10.4. The molecule has 0 saturated carbocycles. The van der Waals surface area contributed by atoms with E-state index in [1.165, 1.54) is 0 Å². The Bertz CT molecular complexity index is 354. The summed E-state index contributed by atoms with van der Waals surface area (Å²) in [4.78, 5) is 11.7. The standard InChI is InChI=1S/C11H21NO5S/c13-6-8-17-7-3-5-12-11(14)10-4-1-2-9-18(10,15)16/h10,13H,1-9H2,(H,12,14). The highest BCUT2D eigenvalue weighted by atomic mass is 32.2. The minimum absolute atomic E-state index is 0.0212. The van der Waals surface area contributed by atoms with Gasteiger partial charge in [0.15, 0.2) is 9.84 Å². The van der Waals surface area contributed by atoms with Crippen molar-refractivity contribution in [2.24, 2.45) is 0 Å². The number of carbonyl (C=O) groups excluding carboxylic acids is 1. The molecule has 1 aliphatic rings. The first-order valence-electron chi connectivity index (χ1n) is 6.26. The number of aliphatic hydroxyl groups is 1. The van der Waals surface area contributed by atoms with Gasteiger partial charge in [0.1, 0.15) is 5.25 Å². The second-order valence-electron chi connectivity index (χ2n) is 4.33. The summed E-state index contributed by atoms with van der Waals surface area (Å²) in [6, 6.07) is 0. The Kier molecular flexibility index (Phi) is 6.59. The average Bonchev–Trinajstić information content (AvgIpc) is 2.32. The maximum atomic E-state index is 11.7. The molecular weight excluding hydrogens is 258 g/mol. The molecule has 1 amide bonds. The fourth-order valence-electron chi connectivity index (χ4n) is 1.92. The molecule has 0 bridgehead atoms. The number of amides is 1. The molecule has 1 fully saturated rings. The van der Waals surface area contributed by atoms with Crippen molar-refractivity contribution < 1.29 is 23.1 Å². The van der Waals surface area contributed by atoms with E-state index in [9.17, 15) is 13.2 Å². The average molecular weight is 279 g/mol. The number of ether oxygens (including phenoxy) is 1. The van der Waals surface area contributed by atoms with Gasteiger partial charge in [-0.05, 0) is 19.3 Å². The maximum Gasteiger partial charge on any atom is 0.238 e. The number of hydrogen-bond acceptors (Lipinski definition) is 5. The van der Waals surface area contributed by atoms with Crippen LogP contribution in [-0.4, -0.2) is 56.8 Å². The third-order valence-corrected chi connectivity index (χ3v) is 5.05. The molecule has 1 heterocycles. The Morgan fingerprint density at radius 2 is 2.11 bits per heavy atom. The lowest BCUT2D eigenvalue weighted by Crippen LogP contribution is -2.43. The Morgan fingerprint density at radius 3 is 2.78 bits per heavy atom. The van der Waals surface area contributed by atoms with Gasteiger partial charge in [-0.15, -0.1) is 0 Å². The first-order chi connectivity index (χ1) is 8.58. The van der Waals surface area contributed by atoms with Gasteiger partial charge in [0.05, 0.1) is 19.0 Å². The monoisotopic (exact) mass is 279 g/mol. The first-order valence-corrected chi connectivity index (χ1v) is 7.97. The van der Waals surface area contributed by atoms with Crippen LogP contribution in [0.25, 0.3) is 0 Å². The predicted molar refractivity (Wildman–Crippen MR) is 67.0 cm³/mol. The Hall–Kier alpha value is -0.660. The fraction of sp³-hybridized carbons (Fsp3) is 0.909. The van der Waals surface area contributed by atoms with E-state index in [1.807, 2.05) is 0 Å². The quantitative estimate of drug-likeness (QED) is 0.611. The number of aliphatic hydroxyl groups excluding tert-OH is 1. The van der Waals surface area contributed by atoms with Crippen molar-refractivity contribution in [3.05, 3.63) is 0 Å². The number of nitrogens with one attached hydrogen (secondary N) is 1. The van der Waals surface area contributed by atoms with Gasteiger partial charge in [-0.1, -0.05) is 6.42 Å². The third kappa shape index (κ3) is 4.91. The van der Waals surface area contributed by atoms with Crippen LogP contribution in [0, 0.1) is 0 Å². The van der Waals surface area contributed by atoms with Crippen LogP contribution in [0.4, 0.5) is 0 Å². The molecule has 7 heteroatoms. The highest BCUT2D eigenvalue weighted by Crippen LogP contribution is 2.19. The van der Waals surface area contributed by atoms with Crippen molar-refractivity contribution in [1.29, 1.82) is 0 Å². The molecule has 18 heavy (non-hydrogen) atoms. The molecule has 1 rings (SSSR count). The van der Waals surface area contributed by atoms with E-state index in [0.29, 0.717) is 32.4 Å². The molecule has 6 nitrogen and oxygen atoms in total. The molecule has 0 aliphatic carbocycles. The Labute approximate surface area is 108 Å². The third-order valence-electron chi connectivity index (χ3n) is 2.87. The van der Waals surface area contributed by atoms with Gasteiger partial charge in [0, 0.05) is 13.2 Å². The van der Waals surface area contributed by atoms with Crippen molar-refractivity contribution in [2.75, 3.05) is 32.1 Å². The van der Waals surface area contributed by atoms with Crippen LogP contribution in [-0.2, 0) is 19.4 Å². The van der Waals surface area contributed by atoms with E-state index < -0.39 is 21.0 Å². The van der Waals surface area contributed by atoms with E-state index >= 15 is 0 Å². The van der Waals surface area contributed by atoms with Crippen molar-refractivity contribution in [3.63, 3.8) is 0 Å². The van der Waals surface area contributed by atoms with Gasteiger partial charge in [-0.25, -0.2) is 8.42 Å². The minimum Gasteiger partial charge on any atom is -0.394 e. The van der Waals surface area contributed by atoms with E-state index in [4.69, 9.17) is 9.84 Å². The van der Waals surface area contributed by atoms with Crippen molar-refractivity contribution in [3.8, 4) is 0 Å². The van der Waals surface area contributed by atoms with Crippen LogP contribution in [0.3, 0.4) is 0 Å². The van der Waals surface area contributed by atoms with E-state index in [1.54, 1.807) is 0 Å². The second-order valence-corrected chi connectivity index (χ2v) is 6.63. The first kappa shape index (κ1) is 15.4. The molecule has 1 atom stereocenters. The molecule has 0 radical (unpaired) electrons. The fourth-order valence-corrected chi connectivity index (χ4v) is 3.74. The summed E-state index contributed by atoms with van der Waals surface area (Å²) in [7, 11) is -3.25. The van der Waals surface area contributed by atoms with Crippen LogP contribution in [0.15, 0.2) is 0 Å². The van der Waals surface area contributed by atoms with Gasteiger partial charge in [-0.3, -0.25) is 4.79 Å². The van der Waals surface area contributed by atoms with Crippen LogP contribution in [0.2, 0.25) is 0 Å². The van der Waals surface area contributed by atoms with Crippen molar-refractivity contribution >= 4 is 15.7 Å². The predicted octanol–water partition coefficient (Wildman–Crippen LogP) is -0.531. The van der Waals surface area contributed by atoms with Crippen LogP contribution < -0.4 is 5.32 Å². The van der Waals surface area contributed by atoms with Crippen LogP contribution in [0.1, 0.15) is 25.7 Å². The lowest BCUT2D eigenvalue weighted by Gasteiger charge is -2.21. The smallest absolute Gasteiger partial charge is 0.238 e. The maximum absolute atomic E-state index is 11.7. The van der Waals surface area contributed by atoms with E-state index in [2.05, 4.69) is 5.32 Å². The second kappa shape index (κ2) is 7.70. The molecule has 1 saturated heterocycles. The summed E-state index contributed by atoms with van der Waals surface area (Å²) in [6.45, 7) is 1.10. The summed E-state index contributed by atoms with van der Waals surface area (Å²) in [5, 5.41) is 10.2. The van der Waals surface area contributed by atoms with Gasteiger partial charge in [-0.2, -0.15) is 0 Å². The topological polar surface area (TPSA) is 92.7 Å². The Balaban J connectivity index is 2.24. The molecule has 0 aromatic rings. The van der Waals surface area contributed by atoms with Gasteiger partial charge < -0.3 is 15.2 Å². The molecule has 2 N–H and O–H groups in total. The lowest BCUT2D eigenvalue weighted by atomic mass is 10.2. The SMILES string of the molecule is O=C(NCCCOCCO)C1CCCCS1(=O)=O. The summed E-state index contributed by atoms with van der Waals surface area (Å²) in [5.74, 6) is -0.276. The van der Waals surface area contributed by atoms with E-state index in [0.717, 1.165) is 6.42 Å². The molecule has 0 spiro atoms. The zero-order chi connectivity index (χ0) is 13.4. The largest absolute Gasteiger partial charge is 0.394 e. The molecule has 0 aromatic heterocycles. The van der Waals surface area contributed by atoms with Gasteiger partial charge in [0.2, 0.25) is 5.91 Å². The summed E-state index contributed by atoms with van der Waals surface area (Å²) in [5.41, 5.74) is 0. The minimum atomic E-state index is -3.25.